The summed E-state index contributed by atoms with van der Waals surface area (Å²) in [6.07, 6.45) is 4.87. The molecule has 1 saturated carbocycles. The molecule has 0 bridgehead atoms. The van der Waals surface area contributed by atoms with E-state index in [4.69, 9.17) is 0 Å². The lowest BCUT2D eigenvalue weighted by molar-refractivity contribution is -0.119. The Hall–Kier alpha value is -1.66. The molecule has 0 spiro atoms. The predicted molar refractivity (Wildman–Crippen MR) is 101 cm³/mol. The minimum absolute atomic E-state index is 0.107. The number of para-hydroxylation sites is 1. The van der Waals surface area contributed by atoms with Gasteiger partial charge in [0.1, 0.15) is 10.9 Å². The van der Waals surface area contributed by atoms with Gasteiger partial charge in [-0.25, -0.2) is 9.97 Å². The van der Waals surface area contributed by atoms with Gasteiger partial charge in [-0.2, -0.15) is 0 Å². The summed E-state index contributed by atoms with van der Waals surface area (Å²) in [5.41, 5.74) is 0.936. The van der Waals surface area contributed by atoms with Crippen molar-refractivity contribution in [2.75, 3.05) is 18.8 Å². The Morgan fingerprint density at radius 1 is 1.20 bits per heavy atom. The van der Waals surface area contributed by atoms with Crippen molar-refractivity contribution in [3.8, 4) is 0 Å². The number of hydrogen-bond acceptors (Lipinski definition) is 5. The molecule has 1 N–H and O–H groups in total. The molecule has 1 aliphatic carbocycles. The zero-order valence-electron chi connectivity index (χ0n) is 14.6. The number of likely N-dealkylation sites (tertiary alicyclic amines) is 1. The number of nitrogens with one attached hydrogen (secondary N) is 1. The van der Waals surface area contributed by atoms with E-state index < -0.39 is 0 Å². The largest absolute Gasteiger partial charge is 0.353 e. The first-order valence-electron chi connectivity index (χ1n) is 9.08. The Morgan fingerprint density at radius 2 is 1.96 bits per heavy atom. The molecule has 1 aromatic carbocycles. The van der Waals surface area contributed by atoms with Gasteiger partial charge in [0, 0.05) is 30.6 Å². The molecule has 2 aromatic rings. The van der Waals surface area contributed by atoms with Gasteiger partial charge < -0.3 is 10.2 Å². The van der Waals surface area contributed by atoms with Gasteiger partial charge in [-0.15, -0.1) is 0 Å². The van der Waals surface area contributed by atoms with Crippen LogP contribution in [0.25, 0.3) is 10.9 Å². The van der Waals surface area contributed by atoms with Crippen molar-refractivity contribution < 1.29 is 4.79 Å². The van der Waals surface area contributed by atoms with Crippen LogP contribution in [0, 0.1) is 6.92 Å². The number of benzene rings is 1. The van der Waals surface area contributed by atoms with Crippen LogP contribution in [0.15, 0.2) is 29.3 Å². The van der Waals surface area contributed by atoms with Crippen molar-refractivity contribution >= 4 is 28.6 Å². The van der Waals surface area contributed by atoms with Crippen molar-refractivity contribution in [2.24, 2.45) is 0 Å². The normalized spacial score (nSPS) is 19.2. The minimum Gasteiger partial charge on any atom is -0.353 e. The van der Waals surface area contributed by atoms with E-state index in [1.807, 2.05) is 31.2 Å². The van der Waals surface area contributed by atoms with Crippen LogP contribution in [0.4, 0.5) is 0 Å². The Kier molecular flexibility index (Phi) is 4.90. The number of carbonyl (C=O) groups is 1. The smallest absolute Gasteiger partial charge is 0.230 e. The summed E-state index contributed by atoms with van der Waals surface area (Å²) in [7, 11) is 0. The molecule has 1 saturated heterocycles. The first kappa shape index (κ1) is 16.8. The van der Waals surface area contributed by atoms with Gasteiger partial charge in [-0.1, -0.05) is 30.0 Å². The molecule has 6 heteroatoms. The third-order valence-corrected chi connectivity index (χ3v) is 5.97. The number of hydrogen-bond donors (Lipinski definition) is 1. The summed E-state index contributed by atoms with van der Waals surface area (Å²) >= 11 is 1.50. The number of aryl methyl sites for hydroxylation is 1. The van der Waals surface area contributed by atoms with Crippen molar-refractivity contribution in [1.82, 2.24) is 20.2 Å². The van der Waals surface area contributed by atoms with Gasteiger partial charge in [0.25, 0.3) is 0 Å². The maximum Gasteiger partial charge on any atom is 0.230 e. The summed E-state index contributed by atoms with van der Waals surface area (Å²) in [4.78, 5) is 23.9. The average molecular weight is 356 g/mol. The molecule has 1 amide bonds. The van der Waals surface area contributed by atoms with Crippen LogP contribution in [-0.2, 0) is 4.79 Å². The molecule has 2 heterocycles. The Bertz CT molecular complexity index is 769. The first-order valence-corrected chi connectivity index (χ1v) is 10.1. The number of thioether (sulfide) groups is 1. The molecular weight excluding hydrogens is 332 g/mol. The molecule has 0 unspecified atom stereocenters. The second-order valence-electron chi connectivity index (χ2n) is 6.99. The maximum absolute atomic E-state index is 12.3. The lowest BCUT2D eigenvalue weighted by Gasteiger charge is -2.32. The van der Waals surface area contributed by atoms with Crippen LogP contribution < -0.4 is 5.32 Å². The summed E-state index contributed by atoms with van der Waals surface area (Å²) in [5, 5.41) is 5.11. The molecule has 1 aromatic heterocycles. The molecule has 0 radical (unpaired) electrons. The highest BCUT2D eigenvalue weighted by molar-refractivity contribution is 8.00. The molecule has 2 fully saturated rings. The van der Waals surface area contributed by atoms with Gasteiger partial charge in [0.15, 0.2) is 0 Å². The minimum atomic E-state index is 0.107. The number of rotatable bonds is 5. The van der Waals surface area contributed by atoms with Crippen molar-refractivity contribution in [3.05, 3.63) is 30.1 Å². The lowest BCUT2D eigenvalue weighted by atomic mass is 10.1. The summed E-state index contributed by atoms with van der Waals surface area (Å²) in [6, 6.07) is 9.13. The van der Waals surface area contributed by atoms with Crippen molar-refractivity contribution in [3.63, 3.8) is 0 Å². The van der Waals surface area contributed by atoms with Gasteiger partial charge in [0.05, 0.1) is 11.3 Å². The van der Waals surface area contributed by atoms with Gasteiger partial charge in [-0.05, 0) is 38.7 Å². The van der Waals surface area contributed by atoms with Gasteiger partial charge in [-0.3, -0.25) is 4.79 Å². The Balaban J connectivity index is 1.31. The highest BCUT2D eigenvalue weighted by Crippen LogP contribution is 2.29. The molecule has 25 heavy (non-hydrogen) atoms. The lowest BCUT2D eigenvalue weighted by Crippen LogP contribution is -2.45. The molecule has 0 atom stereocenters. The van der Waals surface area contributed by atoms with Gasteiger partial charge in [0.2, 0.25) is 5.91 Å². The van der Waals surface area contributed by atoms with Crippen LogP contribution in [0.5, 0.6) is 0 Å². The van der Waals surface area contributed by atoms with E-state index in [-0.39, 0.29) is 5.91 Å². The summed E-state index contributed by atoms with van der Waals surface area (Å²) < 4.78 is 0. The number of carbonyl (C=O) groups excluding carboxylic acids is 1. The zero-order valence-corrected chi connectivity index (χ0v) is 15.4. The van der Waals surface area contributed by atoms with E-state index in [2.05, 4.69) is 20.2 Å². The van der Waals surface area contributed by atoms with Crippen LogP contribution in [0.3, 0.4) is 0 Å². The second-order valence-corrected chi connectivity index (χ2v) is 7.95. The monoisotopic (exact) mass is 356 g/mol. The standard InChI is InChI=1S/C19H24N4OS/c1-13-20-17-5-3-2-4-16(17)19(21-13)25-12-18(24)22-14-8-10-23(11-9-14)15-6-7-15/h2-5,14-15H,6-12H2,1H3,(H,22,24). The van der Waals surface area contributed by atoms with Gasteiger partial charge >= 0.3 is 0 Å². The Morgan fingerprint density at radius 3 is 2.72 bits per heavy atom. The quantitative estimate of drug-likeness (QED) is 0.659. The molecule has 1 aliphatic heterocycles. The predicted octanol–water partition coefficient (Wildman–Crippen LogP) is 2.77. The van der Waals surface area contributed by atoms with Crippen LogP contribution in [0.1, 0.15) is 31.5 Å². The van der Waals surface area contributed by atoms with Crippen molar-refractivity contribution in [2.45, 2.75) is 49.7 Å². The van der Waals surface area contributed by atoms with E-state index in [0.29, 0.717) is 11.8 Å². The van der Waals surface area contributed by atoms with E-state index in [1.54, 1.807) is 0 Å². The summed E-state index contributed by atoms with van der Waals surface area (Å²) in [5.74, 6) is 1.26. The third kappa shape index (κ3) is 4.12. The molecule has 2 aliphatic rings. The number of amides is 1. The topological polar surface area (TPSA) is 58.1 Å². The van der Waals surface area contributed by atoms with E-state index >= 15 is 0 Å². The number of nitrogens with zero attached hydrogens (tertiary/aromatic N) is 3. The highest BCUT2D eigenvalue weighted by Gasteiger charge is 2.32. The van der Waals surface area contributed by atoms with Crippen LogP contribution in [0.2, 0.25) is 0 Å². The molecule has 5 nitrogen and oxygen atoms in total. The SMILES string of the molecule is Cc1nc(SCC(=O)NC2CCN(C3CC3)CC2)c2ccccc2n1. The van der Waals surface area contributed by atoms with Crippen LogP contribution in [-0.4, -0.2) is 51.7 Å². The number of piperidine rings is 1. The maximum atomic E-state index is 12.3. The van der Waals surface area contributed by atoms with Crippen LogP contribution >= 0.6 is 11.8 Å². The number of fused-ring (bicyclic) bond motifs is 1. The van der Waals surface area contributed by atoms with E-state index in [1.165, 1.54) is 24.6 Å². The highest BCUT2D eigenvalue weighted by atomic mass is 32.2. The van der Waals surface area contributed by atoms with Crippen molar-refractivity contribution in [1.29, 1.82) is 0 Å². The fourth-order valence-corrected chi connectivity index (χ4v) is 4.40. The average Bonchev–Trinajstić information content (AvgIpc) is 3.45. The van der Waals surface area contributed by atoms with E-state index in [0.717, 1.165) is 53.7 Å². The Labute approximate surface area is 152 Å². The fourth-order valence-electron chi connectivity index (χ4n) is 3.52. The zero-order chi connectivity index (χ0) is 17.2. The molecule has 132 valence electrons. The third-order valence-electron chi connectivity index (χ3n) is 4.98. The number of aromatic nitrogens is 2. The molecular formula is C19H24N4OS. The van der Waals surface area contributed by atoms with E-state index in [9.17, 15) is 4.79 Å². The fraction of sp³-hybridized carbons (Fsp3) is 0.526. The summed E-state index contributed by atoms with van der Waals surface area (Å²) in [6.45, 7) is 4.14. The molecule has 4 rings (SSSR count). The second kappa shape index (κ2) is 7.30. The first-order chi connectivity index (χ1) is 12.2.